The van der Waals surface area contributed by atoms with Gasteiger partial charge in [-0.3, -0.25) is 4.98 Å². The van der Waals surface area contributed by atoms with Crippen molar-refractivity contribution in [1.29, 1.82) is 0 Å². The van der Waals surface area contributed by atoms with Gasteiger partial charge in [0.15, 0.2) is 0 Å². The lowest BCUT2D eigenvalue weighted by atomic mass is 9.83. The van der Waals surface area contributed by atoms with E-state index in [0.717, 1.165) is 5.02 Å². The fraction of sp³-hybridized carbons (Fsp3) is 0.444. The van der Waals surface area contributed by atoms with Gasteiger partial charge < -0.3 is 0 Å². The van der Waals surface area contributed by atoms with E-state index in [4.69, 9.17) is 11.6 Å². The molecule has 1 aliphatic rings. The quantitative estimate of drug-likeness (QED) is 0.627. The molecule has 0 unspecified atom stereocenters. The van der Waals surface area contributed by atoms with E-state index in [1.54, 1.807) is 6.20 Å². The van der Waals surface area contributed by atoms with E-state index in [2.05, 4.69) is 4.98 Å². The predicted octanol–water partition coefficient (Wildman–Crippen LogP) is 3.00. The molecule has 0 N–H and O–H groups in total. The fourth-order valence-electron chi connectivity index (χ4n) is 1.33. The summed E-state index contributed by atoms with van der Waals surface area (Å²) in [5.74, 6) is 0.715. The molecule has 0 atom stereocenters. The lowest BCUT2D eigenvalue weighted by molar-refractivity contribution is 0.411. The van der Waals surface area contributed by atoms with Crippen LogP contribution in [0, 0.1) is 0 Å². The van der Waals surface area contributed by atoms with Gasteiger partial charge in [-0.1, -0.05) is 18.0 Å². The summed E-state index contributed by atoms with van der Waals surface area (Å²) in [5.41, 5.74) is 1.21. The molecule has 1 saturated carbocycles. The largest absolute Gasteiger partial charge is 0.259 e. The molecule has 1 heterocycles. The maximum Gasteiger partial charge on any atom is 0.0589 e. The van der Waals surface area contributed by atoms with Crippen molar-refractivity contribution in [1.82, 2.24) is 4.98 Å². The fourth-order valence-corrected chi connectivity index (χ4v) is 1.44. The van der Waals surface area contributed by atoms with Crippen LogP contribution in [0.4, 0.5) is 0 Å². The van der Waals surface area contributed by atoms with Crippen molar-refractivity contribution < 1.29 is 0 Å². The van der Waals surface area contributed by atoms with Gasteiger partial charge in [0, 0.05) is 17.8 Å². The number of pyridine rings is 1. The van der Waals surface area contributed by atoms with Crippen LogP contribution in [0.25, 0.3) is 0 Å². The van der Waals surface area contributed by atoms with Crippen LogP contribution in [0.1, 0.15) is 30.9 Å². The summed E-state index contributed by atoms with van der Waals surface area (Å²) in [6.07, 6.45) is 5.69. The van der Waals surface area contributed by atoms with Crippen LogP contribution in [0.5, 0.6) is 0 Å². The highest BCUT2D eigenvalue weighted by atomic mass is 35.5. The molecule has 1 nitrogen and oxygen atoms in total. The van der Waals surface area contributed by atoms with Crippen LogP contribution >= 0.6 is 11.6 Å². The first kappa shape index (κ1) is 7.11. The van der Waals surface area contributed by atoms with E-state index in [9.17, 15) is 0 Å². The summed E-state index contributed by atoms with van der Waals surface area (Å²) in [7, 11) is 0. The van der Waals surface area contributed by atoms with Crippen molar-refractivity contribution in [3.63, 3.8) is 0 Å². The van der Waals surface area contributed by atoms with Crippen molar-refractivity contribution in [2.24, 2.45) is 0 Å². The van der Waals surface area contributed by atoms with Gasteiger partial charge in [-0.25, -0.2) is 0 Å². The number of halogens is 1. The molecule has 11 heavy (non-hydrogen) atoms. The van der Waals surface area contributed by atoms with E-state index in [1.807, 2.05) is 12.1 Å². The van der Waals surface area contributed by atoms with E-state index < -0.39 is 0 Å². The molecule has 0 saturated heterocycles. The highest BCUT2D eigenvalue weighted by Crippen LogP contribution is 2.35. The lowest BCUT2D eigenvalue weighted by Crippen LogP contribution is -2.09. The molecule has 2 heteroatoms. The third-order valence-electron chi connectivity index (χ3n) is 2.27. The van der Waals surface area contributed by atoms with Crippen molar-refractivity contribution in [2.75, 3.05) is 0 Å². The average Bonchev–Trinajstić information content (AvgIpc) is 1.90. The van der Waals surface area contributed by atoms with Crippen LogP contribution in [0.2, 0.25) is 5.02 Å². The molecule has 0 aromatic carbocycles. The summed E-state index contributed by atoms with van der Waals surface area (Å²) in [5, 5.41) is 0.730. The number of hydrogen-bond acceptors (Lipinski definition) is 1. The van der Waals surface area contributed by atoms with Gasteiger partial charge in [-0.2, -0.15) is 0 Å². The number of hydrogen-bond donors (Lipinski definition) is 0. The molecule has 0 bridgehead atoms. The van der Waals surface area contributed by atoms with Gasteiger partial charge in [0.2, 0.25) is 0 Å². The average molecular weight is 168 g/mol. The SMILES string of the molecule is Clc1ccc(C2CCC2)nc1. The van der Waals surface area contributed by atoms with Crippen LogP contribution in [-0.2, 0) is 0 Å². The molecular formula is C9H10ClN. The van der Waals surface area contributed by atoms with Gasteiger partial charge in [0.1, 0.15) is 0 Å². The summed E-state index contributed by atoms with van der Waals surface area (Å²) in [4.78, 5) is 4.27. The van der Waals surface area contributed by atoms with Crippen molar-refractivity contribution in [3.05, 3.63) is 29.0 Å². The molecule has 0 aliphatic heterocycles. The summed E-state index contributed by atoms with van der Waals surface area (Å²) in [6.45, 7) is 0. The number of rotatable bonds is 1. The maximum absolute atomic E-state index is 5.72. The molecule has 0 amide bonds. The summed E-state index contributed by atoms with van der Waals surface area (Å²) < 4.78 is 0. The molecule has 1 aromatic rings. The molecule has 0 radical (unpaired) electrons. The minimum Gasteiger partial charge on any atom is -0.259 e. The molecule has 58 valence electrons. The Labute approximate surface area is 71.4 Å². The first-order valence-electron chi connectivity index (χ1n) is 3.98. The Bertz CT molecular complexity index is 238. The standard InChI is InChI=1S/C9H10ClN/c10-8-4-5-9(11-6-8)7-2-1-3-7/h4-7H,1-3H2. The highest BCUT2D eigenvalue weighted by Gasteiger charge is 2.19. The van der Waals surface area contributed by atoms with Crippen molar-refractivity contribution >= 4 is 11.6 Å². The van der Waals surface area contributed by atoms with Gasteiger partial charge in [-0.15, -0.1) is 0 Å². The Morgan fingerprint density at radius 1 is 1.36 bits per heavy atom. The Balaban J connectivity index is 2.18. The third-order valence-corrected chi connectivity index (χ3v) is 2.50. The monoisotopic (exact) mass is 167 g/mol. The maximum atomic E-state index is 5.72. The Morgan fingerprint density at radius 2 is 2.18 bits per heavy atom. The molecule has 1 aliphatic carbocycles. The zero-order valence-corrected chi connectivity index (χ0v) is 7.01. The number of aromatic nitrogens is 1. The summed E-state index contributed by atoms with van der Waals surface area (Å²) in [6, 6.07) is 3.95. The van der Waals surface area contributed by atoms with Gasteiger partial charge in [0.25, 0.3) is 0 Å². The molecule has 1 aromatic heterocycles. The van der Waals surface area contributed by atoms with E-state index in [-0.39, 0.29) is 0 Å². The smallest absolute Gasteiger partial charge is 0.0589 e. The normalized spacial score (nSPS) is 17.9. The minimum atomic E-state index is 0.715. The van der Waals surface area contributed by atoms with Gasteiger partial charge >= 0.3 is 0 Å². The topological polar surface area (TPSA) is 12.9 Å². The Kier molecular flexibility index (Phi) is 1.82. The molecule has 2 rings (SSSR count). The zero-order chi connectivity index (χ0) is 7.68. The van der Waals surface area contributed by atoms with Crippen LogP contribution in [0.3, 0.4) is 0 Å². The van der Waals surface area contributed by atoms with Crippen LogP contribution in [0.15, 0.2) is 18.3 Å². The molecule has 0 spiro atoms. The molecule has 1 fully saturated rings. The lowest BCUT2D eigenvalue weighted by Gasteiger charge is -2.24. The third kappa shape index (κ3) is 1.38. The van der Waals surface area contributed by atoms with Crippen LogP contribution in [-0.4, -0.2) is 4.98 Å². The van der Waals surface area contributed by atoms with Crippen LogP contribution < -0.4 is 0 Å². The van der Waals surface area contributed by atoms with Gasteiger partial charge in [0.05, 0.1) is 5.02 Å². The second-order valence-electron chi connectivity index (χ2n) is 3.03. The highest BCUT2D eigenvalue weighted by molar-refractivity contribution is 6.30. The second-order valence-corrected chi connectivity index (χ2v) is 3.47. The second kappa shape index (κ2) is 2.82. The zero-order valence-electron chi connectivity index (χ0n) is 6.26. The van der Waals surface area contributed by atoms with E-state index in [0.29, 0.717) is 5.92 Å². The van der Waals surface area contributed by atoms with E-state index >= 15 is 0 Å². The first-order chi connectivity index (χ1) is 5.36. The Morgan fingerprint density at radius 3 is 2.64 bits per heavy atom. The van der Waals surface area contributed by atoms with Crippen molar-refractivity contribution in [3.8, 4) is 0 Å². The van der Waals surface area contributed by atoms with Gasteiger partial charge in [-0.05, 0) is 25.0 Å². The number of nitrogens with zero attached hydrogens (tertiary/aromatic N) is 1. The van der Waals surface area contributed by atoms with E-state index in [1.165, 1.54) is 25.0 Å². The summed E-state index contributed by atoms with van der Waals surface area (Å²) >= 11 is 5.72. The minimum absolute atomic E-state index is 0.715. The molecular weight excluding hydrogens is 158 g/mol. The van der Waals surface area contributed by atoms with Crippen molar-refractivity contribution in [2.45, 2.75) is 25.2 Å². The Hall–Kier alpha value is -0.560. The first-order valence-corrected chi connectivity index (χ1v) is 4.35. The predicted molar refractivity (Wildman–Crippen MR) is 45.8 cm³/mol.